The SMILES string of the molecule is CCCCN(CCCC)C(=NNc1cc(C(F)(F)F)ccc1Cl)C(=O)OCC. The number of ether oxygens (including phenoxy) is 1. The molecular weight excluding hydrogens is 395 g/mol. The highest BCUT2D eigenvalue weighted by Gasteiger charge is 2.31. The summed E-state index contributed by atoms with van der Waals surface area (Å²) >= 11 is 5.99. The number of nitrogens with zero attached hydrogens (tertiary/aromatic N) is 2. The summed E-state index contributed by atoms with van der Waals surface area (Å²) < 4.78 is 43.9. The molecule has 0 amide bonds. The first-order chi connectivity index (χ1) is 13.2. The van der Waals surface area contributed by atoms with Crippen LogP contribution in [0.3, 0.4) is 0 Å². The van der Waals surface area contributed by atoms with Crippen LogP contribution < -0.4 is 5.43 Å². The summed E-state index contributed by atoms with van der Waals surface area (Å²) in [4.78, 5) is 14.2. The molecule has 1 rings (SSSR count). The predicted octanol–water partition coefficient (Wildman–Crippen LogP) is 5.55. The van der Waals surface area contributed by atoms with Gasteiger partial charge < -0.3 is 9.64 Å². The van der Waals surface area contributed by atoms with Crippen LogP contribution in [0.5, 0.6) is 0 Å². The van der Waals surface area contributed by atoms with Crippen molar-refractivity contribution in [2.45, 2.75) is 52.6 Å². The second kappa shape index (κ2) is 11.8. The summed E-state index contributed by atoms with van der Waals surface area (Å²) in [5, 5.41) is 4.13. The van der Waals surface area contributed by atoms with Crippen molar-refractivity contribution in [3.8, 4) is 0 Å². The Hall–Kier alpha value is -1.96. The normalized spacial score (nSPS) is 12.0. The third-order valence-corrected chi connectivity index (χ3v) is 4.23. The molecular formula is C19H27ClF3N3O2. The van der Waals surface area contributed by atoms with Crippen molar-refractivity contribution in [1.29, 1.82) is 0 Å². The molecule has 0 aromatic heterocycles. The number of anilines is 1. The average molecular weight is 422 g/mol. The Morgan fingerprint density at radius 2 is 1.79 bits per heavy atom. The number of nitrogens with one attached hydrogen (secondary N) is 1. The van der Waals surface area contributed by atoms with Crippen LogP contribution in [0.4, 0.5) is 18.9 Å². The zero-order chi connectivity index (χ0) is 21.2. The third kappa shape index (κ3) is 7.58. The van der Waals surface area contributed by atoms with Crippen LogP contribution in [0.1, 0.15) is 52.0 Å². The standard InChI is InChI=1S/C19H27ClF3N3O2/c1-4-7-11-26(12-8-5-2)17(18(27)28-6-3)25-24-16-13-14(19(21,22)23)9-10-15(16)20/h9-10,13,24H,4-8,11-12H2,1-3H3. The molecule has 0 unspecified atom stereocenters. The second-order valence-corrected chi connectivity index (χ2v) is 6.56. The molecule has 1 aromatic carbocycles. The van der Waals surface area contributed by atoms with Crippen molar-refractivity contribution in [2.24, 2.45) is 5.10 Å². The molecule has 0 aliphatic heterocycles. The lowest BCUT2D eigenvalue weighted by Gasteiger charge is -2.24. The van der Waals surface area contributed by atoms with Gasteiger partial charge in [0.15, 0.2) is 0 Å². The van der Waals surface area contributed by atoms with Crippen LogP contribution in [0.15, 0.2) is 23.3 Å². The molecule has 0 radical (unpaired) electrons. The molecule has 0 saturated carbocycles. The fourth-order valence-corrected chi connectivity index (χ4v) is 2.52. The predicted molar refractivity (Wildman–Crippen MR) is 106 cm³/mol. The van der Waals surface area contributed by atoms with E-state index >= 15 is 0 Å². The number of hydrogen-bond donors (Lipinski definition) is 1. The van der Waals surface area contributed by atoms with Gasteiger partial charge in [0.1, 0.15) is 0 Å². The van der Waals surface area contributed by atoms with E-state index in [1.807, 2.05) is 13.8 Å². The molecule has 0 heterocycles. The fourth-order valence-electron chi connectivity index (χ4n) is 2.36. The lowest BCUT2D eigenvalue weighted by atomic mass is 10.2. The highest BCUT2D eigenvalue weighted by atomic mass is 35.5. The minimum Gasteiger partial charge on any atom is -0.460 e. The summed E-state index contributed by atoms with van der Waals surface area (Å²) in [5.41, 5.74) is 1.61. The molecule has 0 fully saturated rings. The van der Waals surface area contributed by atoms with E-state index in [-0.39, 0.29) is 23.2 Å². The maximum atomic E-state index is 12.9. The van der Waals surface area contributed by atoms with E-state index in [0.29, 0.717) is 13.1 Å². The maximum Gasteiger partial charge on any atom is 0.416 e. The molecule has 158 valence electrons. The number of hydrogen-bond acceptors (Lipinski definition) is 4. The summed E-state index contributed by atoms with van der Waals surface area (Å²) in [7, 11) is 0. The first kappa shape index (κ1) is 24.1. The van der Waals surface area contributed by atoms with Crippen molar-refractivity contribution in [3.63, 3.8) is 0 Å². The molecule has 28 heavy (non-hydrogen) atoms. The van der Waals surface area contributed by atoms with Crippen molar-refractivity contribution in [1.82, 2.24) is 4.90 Å². The van der Waals surface area contributed by atoms with E-state index in [0.717, 1.165) is 43.9 Å². The van der Waals surface area contributed by atoms with E-state index in [4.69, 9.17) is 16.3 Å². The number of rotatable bonds is 9. The molecule has 9 heteroatoms. The number of carbonyl (C=O) groups excluding carboxylic acids is 1. The molecule has 1 aromatic rings. The first-order valence-electron chi connectivity index (χ1n) is 9.37. The van der Waals surface area contributed by atoms with Crippen molar-refractivity contribution in [3.05, 3.63) is 28.8 Å². The molecule has 1 N–H and O–H groups in total. The van der Waals surface area contributed by atoms with Gasteiger partial charge in [0.2, 0.25) is 5.84 Å². The highest BCUT2D eigenvalue weighted by molar-refractivity contribution is 6.35. The minimum atomic E-state index is -4.51. The van der Waals surface area contributed by atoms with Gasteiger partial charge in [0, 0.05) is 13.1 Å². The first-order valence-corrected chi connectivity index (χ1v) is 9.74. The Balaban J connectivity index is 3.19. The van der Waals surface area contributed by atoms with Gasteiger partial charge >= 0.3 is 12.1 Å². The quantitative estimate of drug-likeness (QED) is 0.246. The second-order valence-electron chi connectivity index (χ2n) is 6.15. The number of amidine groups is 1. The molecule has 5 nitrogen and oxygen atoms in total. The van der Waals surface area contributed by atoms with E-state index in [2.05, 4.69) is 10.5 Å². The van der Waals surface area contributed by atoms with Crippen molar-refractivity contribution < 1.29 is 22.7 Å². The summed E-state index contributed by atoms with van der Waals surface area (Å²) in [6.45, 7) is 7.07. The van der Waals surface area contributed by atoms with E-state index in [1.165, 1.54) is 0 Å². The number of hydrazone groups is 1. The Bertz CT molecular complexity index is 658. The van der Waals surface area contributed by atoms with Gasteiger partial charge in [-0.1, -0.05) is 38.3 Å². The van der Waals surface area contributed by atoms with Crippen LogP contribution >= 0.6 is 11.6 Å². The largest absolute Gasteiger partial charge is 0.460 e. The lowest BCUT2D eigenvalue weighted by molar-refractivity contribution is -0.137. The molecule has 0 atom stereocenters. The third-order valence-electron chi connectivity index (χ3n) is 3.90. The molecule has 0 saturated heterocycles. The fraction of sp³-hybridized carbons (Fsp3) is 0.579. The molecule has 0 spiro atoms. The molecule has 0 aliphatic carbocycles. The minimum absolute atomic E-state index is 0.0252. The molecule has 0 aliphatic rings. The van der Waals surface area contributed by atoms with Gasteiger partial charge in [-0.25, -0.2) is 4.79 Å². The van der Waals surface area contributed by atoms with Gasteiger partial charge in [-0.3, -0.25) is 5.43 Å². The van der Waals surface area contributed by atoms with Crippen LogP contribution in [0, 0.1) is 0 Å². The van der Waals surface area contributed by atoms with Crippen LogP contribution in [-0.2, 0) is 15.7 Å². The number of alkyl halides is 3. The Labute approximate surface area is 168 Å². The highest BCUT2D eigenvalue weighted by Crippen LogP contribution is 2.33. The zero-order valence-electron chi connectivity index (χ0n) is 16.4. The number of unbranched alkanes of at least 4 members (excludes halogenated alkanes) is 2. The number of carbonyl (C=O) groups is 1. The zero-order valence-corrected chi connectivity index (χ0v) is 17.2. The summed E-state index contributed by atoms with van der Waals surface area (Å²) in [5.74, 6) is -0.609. The average Bonchev–Trinajstić information content (AvgIpc) is 2.63. The van der Waals surface area contributed by atoms with Gasteiger partial charge in [0.25, 0.3) is 0 Å². The number of esters is 1. The smallest absolute Gasteiger partial charge is 0.416 e. The van der Waals surface area contributed by atoms with Crippen LogP contribution in [0.25, 0.3) is 0 Å². The topological polar surface area (TPSA) is 53.9 Å². The Kier molecular flexibility index (Phi) is 10.1. The molecule has 0 bridgehead atoms. The summed E-state index contributed by atoms with van der Waals surface area (Å²) in [6, 6.07) is 2.88. The number of halogens is 4. The van der Waals surface area contributed by atoms with Crippen LogP contribution in [0.2, 0.25) is 5.02 Å². The monoisotopic (exact) mass is 421 g/mol. The maximum absolute atomic E-state index is 12.9. The van der Waals surface area contributed by atoms with E-state index in [9.17, 15) is 18.0 Å². The lowest BCUT2D eigenvalue weighted by Crippen LogP contribution is -2.40. The van der Waals surface area contributed by atoms with E-state index in [1.54, 1.807) is 11.8 Å². The van der Waals surface area contributed by atoms with Crippen molar-refractivity contribution >= 4 is 29.1 Å². The van der Waals surface area contributed by atoms with Gasteiger partial charge in [-0.05, 0) is 38.0 Å². The van der Waals surface area contributed by atoms with Gasteiger partial charge in [-0.2, -0.15) is 13.2 Å². The summed E-state index contributed by atoms with van der Waals surface area (Å²) in [6.07, 6.45) is -0.987. The van der Waals surface area contributed by atoms with Crippen molar-refractivity contribution in [2.75, 3.05) is 25.1 Å². The van der Waals surface area contributed by atoms with Gasteiger partial charge in [-0.15, -0.1) is 5.10 Å². The van der Waals surface area contributed by atoms with Gasteiger partial charge in [0.05, 0.1) is 22.9 Å². The van der Waals surface area contributed by atoms with Crippen LogP contribution in [-0.4, -0.2) is 36.4 Å². The van der Waals surface area contributed by atoms with E-state index < -0.39 is 17.7 Å². The Morgan fingerprint density at radius 1 is 1.18 bits per heavy atom. The number of benzene rings is 1. The Morgan fingerprint density at radius 3 is 2.29 bits per heavy atom.